The molecule has 0 saturated carbocycles. The molecule has 0 fully saturated rings. The molecule has 2 unspecified atom stereocenters. The maximum absolute atomic E-state index is 6.14. The molecule has 2 heterocycles. The number of nitrogens with zero attached hydrogens (tertiary/aromatic N) is 1. The normalized spacial score (nSPS) is 23.6. The summed E-state index contributed by atoms with van der Waals surface area (Å²) in [6.45, 7) is 0. The molecule has 1 aromatic heterocycles. The van der Waals surface area contributed by atoms with Crippen LogP contribution in [0.5, 0.6) is 5.75 Å². The first-order chi connectivity index (χ1) is 7.84. The van der Waals surface area contributed by atoms with E-state index in [1.807, 2.05) is 29.6 Å². The summed E-state index contributed by atoms with van der Waals surface area (Å²) < 4.78 is 5.91. The van der Waals surface area contributed by atoms with E-state index in [1.54, 1.807) is 17.5 Å². The van der Waals surface area contributed by atoms with E-state index < -0.39 is 0 Å². The van der Waals surface area contributed by atoms with Crippen LogP contribution in [0.2, 0.25) is 0 Å². The summed E-state index contributed by atoms with van der Waals surface area (Å²) in [5.74, 6) is 0.890. The molecule has 16 heavy (non-hydrogen) atoms. The number of rotatable bonds is 1. The fourth-order valence-corrected chi connectivity index (χ4v) is 2.68. The van der Waals surface area contributed by atoms with Gasteiger partial charge in [-0.15, -0.1) is 11.3 Å². The highest BCUT2D eigenvalue weighted by atomic mass is 32.1. The van der Waals surface area contributed by atoms with Gasteiger partial charge in [-0.05, 0) is 6.07 Å². The van der Waals surface area contributed by atoms with Crippen LogP contribution in [-0.2, 0) is 0 Å². The van der Waals surface area contributed by atoms with E-state index in [1.165, 1.54) is 0 Å². The van der Waals surface area contributed by atoms with Crippen LogP contribution in [0, 0.1) is 0 Å². The summed E-state index contributed by atoms with van der Waals surface area (Å²) >= 11 is 1.61. The topological polar surface area (TPSA) is 48.1 Å². The number of hydrogen-bond acceptors (Lipinski definition) is 4. The molecule has 4 heteroatoms. The van der Waals surface area contributed by atoms with Crippen molar-refractivity contribution in [3.63, 3.8) is 0 Å². The molecule has 3 rings (SSSR count). The lowest BCUT2D eigenvalue weighted by Gasteiger charge is -2.28. The zero-order chi connectivity index (χ0) is 11.0. The number of benzene rings is 1. The van der Waals surface area contributed by atoms with Gasteiger partial charge in [-0.25, -0.2) is 4.98 Å². The summed E-state index contributed by atoms with van der Waals surface area (Å²) in [7, 11) is 0. The molecule has 2 atom stereocenters. The predicted octanol–water partition coefficient (Wildman–Crippen LogP) is 2.67. The van der Waals surface area contributed by atoms with Gasteiger partial charge in [-0.2, -0.15) is 0 Å². The molecule has 0 bridgehead atoms. The maximum atomic E-state index is 6.14. The molecule has 1 aliphatic heterocycles. The average molecular weight is 232 g/mol. The van der Waals surface area contributed by atoms with E-state index in [0.29, 0.717) is 0 Å². The monoisotopic (exact) mass is 232 g/mol. The number of thiazole rings is 1. The predicted molar refractivity (Wildman–Crippen MR) is 63.5 cm³/mol. The fourth-order valence-electron chi connectivity index (χ4n) is 2.00. The smallest absolute Gasteiger partial charge is 0.152 e. The molecule has 1 aliphatic rings. The lowest BCUT2D eigenvalue weighted by Crippen LogP contribution is -2.23. The molecule has 2 aromatic rings. The third kappa shape index (κ3) is 1.60. The zero-order valence-corrected chi connectivity index (χ0v) is 9.48. The van der Waals surface area contributed by atoms with Crippen molar-refractivity contribution in [3.8, 4) is 5.75 Å². The molecule has 2 N–H and O–H groups in total. The Bertz CT molecular complexity index is 484. The number of fused-ring (bicyclic) bond motifs is 1. The second kappa shape index (κ2) is 3.88. The Balaban J connectivity index is 1.95. The molecule has 0 amide bonds. The minimum atomic E-state index is 0.00454. The minimum absolute atomic E-state index is 0.00454. The fraction of sp³-hybridized carbons (Fsp3) is 0.250. The zero-order valence-electron chi connectivity index (χ0n) is 8.67. The number of aromatic nitrogens is 1. The van der Waals surface area contributed by atoms with Gasteiger partial charge in [0.1, 0.15) is 10.8 Å². The van der Waals surface area contributed by atoms with Gasteiger partial charge in [0, 0.05) is 29.6 Å². The second-order valence-corrected chi connectivity index (χ2v) is 4.78. The SMILES string of the molecule is NC1CC(c2nccs2)Oc2ccccc21. The third-order valence-corrected chi connectivity index (χ3v) is 3.65. The van der Waals surface area contributed by atoms with Crippen molar-refractivity contribution in [1.82, 2.24) is 4.98 Å². The molecular formula is C12H12N2OS. The lowest BCUT2D eigenvalue weighted by atomic mass is 9.97. The van der Waals surface area contributed by atoms with Crippen LogP contribution in [0.1, 0.15) is 29.1 Å². The van der Waals surface area contributed by atoms with Crippen molar-refractivity contribution in [3.05, 3.63) is 46.4 Å². The van der Waals surface area contributed by atoms with Crippen molar-refractivity contribution >= 4 is 11.3 Å². The third-order valence-electron chi connectivity index (χ3n) is 2.78. The summed E-state index contributed by atoms with van der Waals surface area (Å²) in [5.41, 5.74) is 7.23. The first-order valence-corrected chi connectivity index (χ1v) is 6.13. The molecule has 0 aliphatic carbocycles. The van der Waals surface area contributed by atoms with Crippen molar-refractivity contribution in [1.29, 1.82) is 0 Å². The number of nitrogens with two attached hydrogens (primary N) is 1. The van der Waals surface area contributed by atoms with Crippen LogP contribution in [0.3, 0.4) is 0 Å². The van der Waals surface area contributed by atoms with E-state index in [0.717, 1.165) is 22.7 Å². The average Bonchev–Trinajstić information content (AvgIpc) is 2.82. The van der Waals surface area contributed by atoms with Crippen LogP contribution in [-0.4, -0.2) is 4.98 Å². The number of hydrogen-bond donors (Lipinski definition) is 1. The van der Waals surface area contributed by atoms with Crippen LogP contribution in [0.15, 0.2) is 35.8 Å². The minimum Gasteiger partial charge on any atom is -0.483 e. The summed E-state index contributed by atoms with van der Waals surface area (Å²) in [4.78, 5) is 4.29. The van der Waals surface area contributed by atoms with Crippen LogP contribution < -0.4 is 10.5 Å². The second-order valence-electron chi connectivity index (χ2n) is 3.86. The maximum Gasteiger partial charge on any atom is 0.152 e. The summed E-state index contributed by atoms with van der Waals surface area (Å²) in [6, 6.07) is 7.99. The molecule has 0 radical (unpaired) electrons. The van der Waals surface area contributed by atoms with Crippen LogP contribution in [0.4, 0.5) is 0 Å². The van der Waals surface area contributed by atoms with Gasteiger partial charge < -0.3 is 10.5 Å². The van der Waals surface area contributed by atoms with E-state index in [4.69, 9.17) is 10.5 Å². The van der Waals surface area contributed by atoms with Gasteiger partial charge in [0.15, 0.2) is 6.10 Å². The highest BCUT2D eigenvalue weighted by Gasteiger charge is 2.27. The van der Waals surface area contributed by atoms with E-state index in [9.17, 15) is 0 Å². The summed E-state index contributed by atoms with van der Waals surface area (Å²) in [5, 5.41) is 2.97. The van der Waals surface area contributed by atoms with Gasteiger partial charge in [0.2, 0.25) is 0 Å². The first kappa shape index (κ1) is 9.81. The van der Waals surface area contributed by atoms with E-state index in [-0.39, 0.29) is 12.1 Å². The van der Waals surface area contributed by atoms with Crippen molar-refractivity contribution in [2.75, 3.05) is 0 Å². The first-order valence-electron chi connectivity index (χ1n) is 5.25. The Labute approximate surface area is 97.9 Å². The molecule has 0 saturated heterocycles. The summed E-state index contributed by atoms with van der Waals surface area (Å²) in [6.07, 6.45) is 2.60. The van der Waals surface area contributed by atoms with E-state index >= 15 is 0 Å². The molecule has 1 aromatic carbocycles. The van der Waals surface area contributed by atoms with Crippen molar-refractivity contribution < 1.29 is 4.74 Å². The van der Waals surface area contributed by atoms with Gasteiger partial charge in [0.25, 0.3) is 0 Å². The Morgan fingerprint density at radius 3 is 3.06 bits per heavy atom. The van der Waals surface area contributed by atoms with Gasteiger partial charge in [0.05, 0.1) is 0 Å². The van der Waals surface area contributed by atoms with Crippen LogP contribution >= 0.6 is 11.3 Å². The quantitative estimate of drug-likeness (QED) is 0.822. The molecule has 3 nitrogen and oxygen atoms in total. The lowest BCUT2D eigenvalue weighted by molar-refractivity contribution is 0.161. The molecule has 0 spiro atoms. The highest BCUT2D eigenvalue weighted by molar-refractivity contribution is 7.09. The Morgan fingerprint density at radius 1 is 1.38 bits per heavy atom. The Hall–Kier alpha value is -1.39. The standard InChI is InChI=1S/C12H12N2OS/c13-9-7-11(12-14-5-6-16-12)15-10-4-2-1-3-8(9)10/h1-6,9,11H,7,13H2. The van der Waals surface area contributed by atoms with Gasteiger partial charge in [-0.3, -0.25) is 0 Å². The Morgan fingerprint density at radius 2 is 2.25 bits per heavy atom. The van der Waals surface area contributed by atoms with Gasteiger partial charge >= 0.3 is 0 Å². The number of para-hydroxylation sites is 1. The van der Waals surface area contributed by atoms with Gasteiger partial charge in [-0.1, -0.05) is 18.2 Å². The highest BCUT2D eigenvalue weighted by Crippen LogP contribution is 2.39. The van der Waals surface area contributed by atoms with Crippen LogP contribution in [0.25, 0.3) is 0 Å². The van der Waals surface area contributed by atoms with Crippen molar-refractivity contribution in [2.24, 2.45) is 5.73 Å². The molecular weight excluding hydrogens is 220 g/mol. The van der Waals surface area contributed by atoms with Crippen molar-refractivity contribution in [2.45, 2.75) is 18.6 Å². The molecule has 82 valence electrons. The number of ether oxygens (including phenoxy) is 1. The van der Waals surface area contributed by atoms with E-state index in [2.05, 4.69) is 4.98 Å². The Kier molecular flexibility index (Phi) is 2.38. The largest absolute Gasteiger partial charge is 0.483 e.